The second-order valence-electron chi connectivity index (χ2n) is 6.27. The van der Waals surface area contributed by atoms with Crippen LogP contribution in [0, 0.1) is 0 Å². The Labute approximate surface area is 154 Å². The number of oxazole rings is 1. The summed E-state index contributed by atoms with van der Waals surface area (Å²) in [4.78, 5) is 31.2. The molecule has 0 aliphatic carbocycles. The van der Waals surface area contributed by atoms with E-state index in [0.29, 0.717) is 16.8 Å². The first-order chi connectivity index (χ1) is 11.8. The van der Waals surface area contributed by atoms with Gasteiger partial charge in [-0.3, -0.25) is 9.59 Å². The van der Waals surface area contributed by atoms with Crippen LogP contribution in [0.4, 0.5) is 5.13 Å². The Morgan fingerprint density at radius 2 is 2.04 bits per heavy atom. The topological polar surface area (TPSA) is 94.3 Å². The lowest BCUT2D eigenvalue weighted by molar-refractivity contribution is -0.141. The summed E-state index contributed by atoms with van der Waals surface area (Å²) in [6.07, 6.45) is 3.57. The minimum Gasteiger partial charge on any atom is -0.469 e. The number of nitrogens with zero attached hydrogens (tertiary/aromatic N) is 2. The van der Waals surface area contributed by atoms with Gasteiger partial charge in [0.25, 0.3) is 0 Å². The number of ether oxygens (including phenoxy) is 1. The highest BCUT2D eigenvalue weighted by molar-refractivity contribution is 8.00. The third-order valence-corrected chi connectivity index (χ3v) is 5.24. The van der Waals surface area contributed by atoms with Crippen molar-refractivity contribution in [3.05, 3.63) is 24.0 Å². The highest BCUT2D eigenvalue weighted by Crippen LogP contribution is 2.31. The second kappa shape index (κ2) is 8.48. The number of hydrogen-bond acceptors (Lipinski definition) is 8. The zero-order chi connectivity index (χ0) is 18.4. The molecule has 0 unspecified atom stereocenters. The van der Waals surface area contributed by atoms with E-state index in [1.807, 2.05) is 0 Å². The number of methoxy groups -OCH3 is 1. The summed E-state index contributed by atoms with van der Waals surface area (Å²) in [6.45, 7) is 6.22. The molecule has 0 spiro atoms. The average Bonchev–Trinajstić information content (AvgIpc) is 3.19. The third kappa shape index (κ3) is 6.17. The monoisotopic (exact) mass is 383 g/mol. The van der Waals surface area contributed by atoms with E-state index in [4.69, 9.17) is 4.42 Å². The standard InChI is InChI=1S/C16H21N3O4S2/c1-16(2,3)10-7-17-12(23-10)9-24-14-8-18-15(25-14)19-11(20)5-6-13(21)22-4/h7-8H,5-6,9H2,1-4H3,(H,18,19,20). The molecule has 9 heteroatoms. The molecule has 0 aliphatic rings. The van der Waals surface area contributed by atoms with E-state index < -0.39 is 5.97 Å². The van der Waals surface area contributed by atoms with Gasteiger partial charge in [-0.15, -0.1) is 11.8 Å². The van der Waals surface area contributed by atoms with Crippen molar-refractivity contribution in [1.29, 1.82) is 0 Å². The number of hydrogen-bond donors (Lipinski definition) is 1. The zero-order valence-corrected chi connectivity index (χ0v) is 16.3. The van der Waals surface area contributed by atoms with Crippen molar-refractivity contribution in [3.8, 4) is 0 Å². The van der Waals surface area contributed by atoms with Crippen LogP contribution in [0.1, 0.15) is 45.3 Å². The molecule has 0 saturated carbocycles. The van der Waals surface area contributed by atoms with Crippen LogP contribution >= 0.6 is 23.1 Å². The van der Waals surface area contributed by atoms with E-state index in [1.54, 1.807) is 24.2 Å². The van der Waals surface area contributed by atoms with E-state index >= 15 is 0 Å². The Morgan fingerprint density at radius 3 is 2.68 bits per heavy atom. The fraction of sp³-hybridized carbons (Fsp3) is 0.500. The van der Waals surface area contributed by atoms with Gasteiger partial charge in [0.15, 0.2) is 5.13 Å². The molecule has 0 radical (unpaired) electrons. The summed E-state index contributed by atoms with van der Waals surface area (Å²) in [5.74, 6) is 1.43. The summed E-state index contributed by atoms with van der Waals surface area (Å²) in [7, 11) is 1.29. The number of carbonyl (C=O) groups is 2. The highest BCUT2D eigenvalue weighted by atomic mass is 32.2. The molecule has 0 atom stereocenters. The molecule has 2 aromatic heterocycles. The molecular weight excluding hydrogens is 362 g/mol. The maximum absolute atomic E-state index is 11.7. The summed E-state index contributed by atoms with van der Waals surface area (Å²) in [5.41, 5.74) is -0.0674. The Bertz CT molecular complexity index is 734. The van der Waals surface area contributed by atoms with Gasteiger partial charge >= 0.3 is 5.97 Å². The number of amides is 1. The normalized spacial score (nSPS) is 11.4. The average molecular weight is 383 g/mol. The number of esters is 1. The molecule has 1 amide bonds. The number of nitrogens with one attached hydrogen (secondary N) is 1. The molecular formula is C16H21N3O4S2. The lowest BCUT2D eigenvalue weighted by Crippen LogP contribution is -2.13. The van der Waals surface area contributed by atoms with Gasteiger partial charge in [0.1, 0.15) is 5.76 Å². The summed E-state index contributed by atoms with van der Waals surface area (Å²) in [5, 5.41) is 3.17. The summed E-state index contributed by atoms with van der Waals surface area (Å²) in [6, 6.07) is 0. The number of aromatic nitrogens is 2. The number of anilines is 1. The molecule has 136 valence electrons. The van der Waals surface area contributed by atoms with Gasteiger partial charge in [-0.2, -0.15) is 0 Å². The number of rotatable bonds is 7. The molecule has 0 aromatic carbocycles. The van der Waals surface area contributed by atoms with Crippen molar-refractivity contribution in [1.82, 2.24) is 9.97 Å². The Balaban J connectivity index is 1.82. The van der Waals surface area contributed by atoms with Gasteiger partial charge < -0.3 is 14.5 Å². The van der Waals surface area contributed by atoms with Gasteiger partial charge in [0.2, 0.25) is 11.8 Å². The SMILES string of the molecule is COC(=O)CCC(=O)Nc1ncc(SCc2ncc(C(C)(C)C)o2)s1. The predicted octanol–water partition coefficient (Wildman–Crippen LogP) is 3.61. The third-order valence-electron chi connectivity index (χ3n) is 3.15. The van der Waals surface area contributed by atoms with E-state index in [0.717, 1.165) is 9.97 Å². The van der Waals surface area contributed by atoms with Crippen molar-refractivity contribution in [2.45, 2.75) is 49.0 Å². The molecule has 0 fully saturated rings. The molecule has 0 saturated heterocycles. The fourth-order valence-corrected chi connectivity index (χ4v) is 3.48. The first-order valence-corrected chi connectivity index (χ1v) is 9.48. The molecule has 0 aliphatic heterocycles. The number of carbonyl (C=O) groups excluding carboxylic acids is 2. The predicted molar refractivity (Wildman–Crippen MR) is 96.8 cm³/mol. The number of thioether (sulfide) groups is 1. The lowest BCUT2D eigenvalue weighted by atomic mass is 9.94. The molecule has 2 rings (SSSR count). The molecule has 1 N–H and O–H groups in total. The van der Waals surface area contributed by atoms with Crippen molar-refractivity contribution in [2.75, 3.05) is 12.4 Å². The molecule has 0 bridgehead atoms. The van der Waals surface area contributed by atoms with Gasteiger partial charge in [0, 0.05) is 11.8 Å². The zero-order valence-electron chi connectivity index (χ0n) is 14.6. The summed E-state index contributed by atoms with van der Waals surface area (Å²) >= 11 is 2.91. The molecule has 2 heterocycles. The van der Waals surface area contributed by atoms with Crippen LogP contribution in [-0.4, -0.2) is 29.0 Å². The maximum Gasteiger partial charge on any atom is 0.306 e. The first-order valence-electron chi connectivity index (χ1n) is 7.68. The van der Waals surface area contributed by atoms with Crippen LogP contribution < -0.4 is 5.32 Å². The van der Waals surface area contributed by atoms with Gasteiger partial charge in [0.05, 0.1) is 35.9 Å². The quantitative estimate of drug-likeness (QED) is 0.576. The van der Waals surface area contributed by atoms with Crippen LogP contribution in [0.5, 0.6) is 0 Å². The molecule has 7 nitrogen and oxygen atoms in total. The maximum atomic E-state index is 11.7. The van der Waals surface area contributed by atoms with Gasteiger partial charge in [-0.05, 0) is 0 Å². The smallest absolute Gasteiger partial charge is 0.306 e. The van der Waals surface area contributed by atoms with Gasteiger partial charge in [-0.1, -0.05) is 32.1 Å². The van der Waals surface area contributed by atoms with E-state index in [1.165, 1.54) is 18.4 Å². The van der Waals surface area contributed by atoms with Crippen LogP contribution in [0.3, 0.4) is 0 Å². The van der Waals surface area contributed by atoms with Crippen LogP contribution in [0.25, 0.3) is 0 Å². The van der Waals surface area contributed by atoms with Crippen LogP contribution in [0.15, 0.2) is 21.0 Å². The molecule has 2 aromatic rings. The minimum atomic E-state index is -0.411. The number of thiazole rings is 1. The van der Waals surface area contributed by atoms with E-state index in [-0.39, 0.29) is 24.2 Å². The highest BCUT2D eigenvalue weighted by Gasteiger charge is 2.19. The first kappa shape index (κ1) is 19.5. The molecule has 25 heavy (non-hydrogen) atoms. The summed E-state index contributed by atoms with van der Waals surface area (Å²) < 4.78 is 11.2. The minimum absolute atomic E-state index is 0.0512. The van der Waals surface area contributed by atoms with Crippen molar-refractivity contribution in [2.24, 2.45) is 0 Å². The Kier molecular flexibility index (Phi) is 6.60. The van der Waals surface area contributed by atoms with Crippen molar-refractivity contribution >= 4 is 40.1 Å². The Hall–Kier alpha value is -1.87. The van der Waals surface area contributed by atoms with E-state index in [2.05, 4.69) is 40.8 Å². The van der Waals surface area contributed by atoms with Crippen LogP contribution in [-0.2, 0) is 25.5 Å². The lowest BCUT2D eigenvalue weighted by Gasteiger charge is -2.12. The Morgan fingerprint density at radius 1 is 1.28 bits per heavy atom. The van der Waals surface area contributed by atoms with Crippen molar-refractivity contribution in [3.63, 3.8) is 0 Å². The van der Waals surface area contributed by atoms with Crippen molar-refractivity contribution < 1.29 is 18.7 Å². The van der Waals surface area contributed by atoms with Gasteiger partial charge in [-0.25, -0.2) is 9.97 Å². The van der Waals surface area contributed by atoms with Crippen LogP contribution in [0.2, 0.25) is 0 Å². The second-order valence-corrected chi connectivity index (χ2v) is 8.57. The fourth-order valence-electron chi connectivity index (χ4n) is 1.74. The largest absolute Gasteiger partial charge is 0.469 e. The van der Waals surface area contributed by atoms with E-state index in [9.17, 15) is 9.59 Å².